The van der Waals surface area contributed by atoms with E-state index in [0.29, 0.717) is 15.9 Å². The van der Waals surface area contributed by atoms with E-state index in [1.807, 2.05) is 0 Å². The largest absolute Gasteiger partial charge is 0.364 e. The van der Waals surface area contributed by atoms with Gasteiger partial charge in [0.15, 0.2) is 9.84 Å². The van der Waals surface area contributed by atoms with Crippen LogP contribution in [0.2, 0.25) is 5.02 Å². The van der Waals surface area contributed by atoms with Gasteiger partial charge in [0.1, 0.15) is 18.1 Å². The number of nitrogens with two attached hydrogens (primary N) is 1. The first-order chi connectivity index (χ1) is 10.8. The molecule has 2 amide bonds. The molecule has 9 heteroatoms. The van der Waals surface area contributed by atoms with Gasteiger partial charge in [0.25, 0.3) is 5.91 Å². The highest BCUT2D eigenvalue weighted by Crippen LogP contribution is 2.24. The zero-order chi connectivity index (χ0) is 16.8. The third-order valence-electron chi connectivity index (χ3n) is 3.79. The summed E-state index contributed by atoms with van der Waals surface area (Å²) in [5, 5.41) is 1.19. The van der Waals surface area contributed by atoms with Crippen LogP contribution in [0.4, 0.5) is 0 Å². The zero-order valence-electron chi connectivity index (χ0n) is 12.0. The molecule has 1 aliphatic rings. The highest BCUT2D eigenvalue weighted by molar-refractivity contribution is 7.91. The molecule has 2 N–H and O–H groups in total. The van der Waals surface area contributed by atoms with Crippen molar-refractivity contribution >= 4 is 44.2 Å². The molecule has 2 heterocycles. The highest BCUT2D eigenvalue weighted by Gasteiger charge is 2.29. The number of benzene rings is 1. The number of sulfone groups is 1. The summed E-state index contributed by atoms with van der Waals surface area (Å²) >= 11 is 5.93. The quantitative estimate of drug-likeness (QED) is 0.871. The molecule has 0 aliphatic carbocycles. The fourth-order valence-corrected chi connectivity index (χ4v) is 4.22. The minimum atomic E-state index is -3.21. The smallest absolute Gasteiger partial charge is 0.265 e. The molecule has 0 saturated carbocycles. The van der Waals surface area contributed by atoms with Gasteiger partial charge in [-0.2, -0.15) is 0 Å². The Bertz CT molecular complexity index is 919. The molecular weight excluding hydrogens is 342 g/mol. The Morgan fingerprint density at radius 2 is 2.00 bits per heavy atom. The number of hydrogen-bond acceptors (Lipinski definition) is 4. The van der Waals surface area contributed by atoms with Crippen LogP contribution in [0.1, 0.15) is 10.5 Å². The molecule has 0 radical (unpaired) electrons. The van der Waals surface area contributed by atoms with Crippen molar-refractivity contribution in [2.75, 3.05) is 18.2 Å². The average molecular weight is 356 g/mol. The molecule has 23 heavy (non-hydrogen) atoms. The number of amides is 2. The van der Waals surface area contributed by atoms with E-state index >= 15 is 0 Å². The Hall–Kier alpha value is -2.06. The van der Waals surface area contributed by atoms with Crippen LogP contribution >= 0.6 is 11.6 Å². The molecule has 2 aromatic rings. The van der Waals surface area contributed by atoms with Gasteiger partial charge in [0.05, 0.1) is 5.75 Å². The lowest BCUT2D eigenvalue weighted by Gasteiger charge is -2.16. The van der Waals surface area contributed by atoms with Crippen LogP contribution < -0.4 is 5.73 Å². The van der Waals surface area contributed by atoms with Gasteiger partial charge in [0.2, 0.25) is 5.91 Å². The van der Waals surface area contributed by atoms with Gasteiger partial charge in [0, 0.05) is 22.5 Å². The van der Waals surface area contributed by atoms with E-state index in [-0.39, 0.29) is 36.3 Å². The molecular formula is C14H14ClN3O4S. The number of hydrogen-bond donors (Lipinski definition) is 1. The number of fused-ring (bicyclic) bond motifs is 1. The summed E-state index contributed by atoms with van der Waals surface area (Å²) in [5.74, 6) is -1.37. The summed E-state index contributed by atoms with van der Waals surface area (Å²) in [5.41, 5.74) is 6.19. The lowest BCUT2D eigenvalue weighted by Crippen LogP contribution is -2.33. The molecule has 0 bridgehead atoms. The van der Waals surface area contributed by atoms with Crippen molar-refractivity contribution in [2.45, 2.75) is 6.54 Å². The predicted molar refractivity (Wildman–Crippen MR) is 85.8 cm³/mol. The Balaban J connectivity index is 1.97. The van der Waals surface area contributed by atoms with Crippen molar-refractivity contribution in [1.29, 1.82) is 0 Å². The van der Waals surface area contributed by atoms with Crippen LogP contribution in [0, 0.1) is 0 Å². The Kier molecular flexibility index (Phi) is 3.81. The summed E-state index contributed by atoms with van der Waals surface area (Å²) < 4.78 is 24.5. The lowest BCUT2D eigenvalue weighted by molar-refractivity contribution is -0.130. The average Bonchev–Trinajstić information content (AvgIpc) is 2.99. The van der Waals surface area contributed by atoms with E-state index in [2.05, 4.69) is 0 Å². The Labute approximate surface area is 137 Å². The number of carbonyl (C=O) groups excluding carboxylic acids is 2. The van der Waals surface area contributed by atoms with E-state index < -0.39 is 15.7 Å². The highest BCUT2D eigenvalue weighted by atomic mass is 35.5. The van der Waals surface area contributed by atoms with Crippen molar-refractivity contribution in [3.8, 4) is 0 Å². The number of rotatable bonds is 3. The summed E-state index contributed by atoms with van der Waals surface area (Å²) in [6.07, 6.45) is 0. The predicted octanol–water partition coefficient (Wildman–Crippen LogP) is 0.608. The van der Waals surface area contributed by atoms with Crippen molar-refractivity contribution in [3.63, 3.8) is 0 Å². The summed E-state index contributed by atoms with van der Waals surface area (Å²) in [7, 11) is -3.21. The maximum atomic E-state index is 12.3. The Morgan fingerprint density at radius 3 is 2.61 bits per heavy atom. The van der Waals surface area contributed by atoms with Crippen LogP contribution in [-0.2, 0) is 21.2 Å². The third-order valence-corrected chi connectivity index (χ3v) is 5.53. The molecule has 1 saturated heterocycles. The van der Waals surface area contributed by atoms with Crippen molar-refractivity contribution in [3.05, 3.63) is 35.0 Å². The molecule has 0 spiro atoms. The molecule has 1 fully saturated rings. The lowest BCUT2D eigenvalue weighted by atomic mass is 10.2. The standard InChI is InChI=1S/C14H14ClN3O4S/c15-10-1-2-11-9(5-10)6-12(14(16)20)18(11)7-13(19)17-3-4-23(21,22)8-17/h1-2,5-6H,3-4,7-8H2,(H2,16,20). The van der Waals surface area contributed by atoms with Gasteiger partial charge in [-0.1, -0.05) is 11.6 Å². The summed E-state index contributed by atoms with van der Waals surface area (Å²) in [6, 6.07) is 6.58. The molecule has 7 nitrogen and oxygen atoms in total. The van der Waals surface area contributed by atoms with Crippen LogP contribution in [0.15, 0.2) is 24.3 Å². The number of carbonyl (C=O) groups is 2. The first-order valence-electron chi connectivity index (χ1n) is 6.84. The number of nitrogens with zero attached hydrogens (tertiary/aromatic N) is 2. The van der Waals surface area contributed by atoms with Crippen LogP contribution in [0.3, 0.4) is 0 Å². The number of aromatic nitrogens is 1. The zero-order valence-corrected chi connectivity index (χ0v) is 13.6. The SMILES string of the molecule is NC(=O)c1cc2cc(Cl)ccc2n1CC(=O)N1CCS(=O)(=O)C1. The second-order valence-corrected chi connectivity index (χ2v) is 8.01. The van der Waals surface area contributed by atoms with Crippen molar-refractivity contribution in [1.82, 2.24) is 9.47 Å². The minimum Gasteiger partial charge on any atom is -0.364 e. The summed E-state index contributed by atoms with van der Waals surface area (Å²) in [4.78, 5) is 25.2. The molecule has 3 rings (SSSR count). The van der Waals surface area contributed by atoms with Crippen LogP contribution in [0.5, 0.6) is 0 Å². The van der Waals surface area contributed by atoms with Gasteiger partial charge in [-0.05, 0) is 24.3 Å². The molecule has 1 aromatic heterocycles. The van der Waals surface area contributed by atoms with E-state index in [4.69, 9.17) is 17.3 Å². The molecule has 122 valence electrons. The second kappa shape index (κ2) is 5.54. The third kappa shape index (κ3) is 3.04. The van der Waals surface area contributed by atoms with E-state index in [1.54, 1.807) is 24.3 Å². The maximum absolute atomic E-state index is 12.3. The van der Waals surface area contributed by atoms with Gasteiger partial charge in [-0.25, -0.2) is 8.42 Å². The van der Waals surface area contributed by atoms with E-state index in [0.717, 1.165) is 0 Å². The van der Waals surface area contributed by atoms with Gasteiger partial charge in [-0.3, -0.25) is 9.59 Å². The first kappa shape index (κ1) is 15.8. The Morgan fingerprint density at radius 1 is 1.26 bits per heavy atom. The van der Waals surface area contributed by atoms with E-state index in [1.165, 1.54) is 9.47 Å². The molecule has 1 aromatic carbocycles. The van der Waals surface area contributed by atoms with Gasteiger partial charge >= 0.3 is 0 Å². The second-order valence-electron chi connectivity index (χ2n) is 5.42. The van der Waals surface area contributed by atoms with E-state index in [9.17, 15) is 18.0 Å². The maximum Gasteiger partial charge on any atom is 0.265 e. The van der Waals surface area contributed by atoms with Crippen molar-refractivity contribution in [2.24, 2.45) is 5.73 Å². The van der Waals surface area contributed by atoms with Crippen molar-refractivity contribution < 1.29 is 18.0 Å². The molecule has 0 unspecified atom stereocenters. The monoisotopic (exact) mass is 355 g/mol. The normalized spacial score (nSPS) is 16.8. The molecule has 1 aliphatic heterocycles. The summed E-state index contributed by atoms with van der Waals surface area (Å²) in [6.45, 7) is 0.0109. The fraction of sp³-hybridized carbons (Fsp3) is 0.286. The number of primary amides is 1. The topological polar surface area (TPSA) is 102 Å². The minimum absolute atomic E-state index is 0.0382. The van der Waals surface area contributed by atoms with Gasteiger partial charge in [-0.15, -0.1) is 0 Å². The fourth-order valence-electron chi connectivity index (χ4n) is 2.66. The van der Waals surface area contributed by atoms with Gasteiger partial charge < -0.3 is 15.2 Å². The molecule has 0 atom stereocenters. The van der Waals surface area contributed by atoms with Crippen LogP contribution in [0.25, 0.3) is 10.9 Å². The van der Waals surface area contributed by atoms with Crippen LogP contribution in [-0.4, -0.2) is 47.9 Å². The first-order valence-corrected chi connectivity index (χ1v) is 9.03. The number of halogens is 1.